The smallest absolute Gasteiger partial charge is 0.257 e. The Bertz CT molecular complexity index is 800. The van der Waals surface area contributed by atoms with Crippen LogP contribution < -0.4 is 0 Å². The molecule has 0 radical (unpaired) electrons. The van der Waals surface area contributed by atoms with Crippen LogP contribution in [-0.2, 0) is 10.2 Å². The average molecular weight is 352 g/mol. The quantitative estimate of drug-likeness (QED) is 0.853. The Hall–Kier alpha value is -2.56. The molecule has 5 heteroatoms. The summed E-state index contributed by atoms with van der Waals surface area (Å²) in [6.07, 6.45) is 4.48. The van der Waals surface area contributed by atoms with Gasteiger partial charge in [0.05, 0.1) is 17.2 Å². The van der Waals surface area contributed by atoms with Crippen LogP contribution in [0.4, 0.5) is 0 Å². The zero-order valence-corrected chi connectivity index (χ0v) is 15.1. The average Bonchev–Trinajstić information content (AvgIpc) is 3.07. The number of hydrogen-bond acceptors (Lipinski definition) is 3. The summed E-state index contributed by atoms with van der Waals surface area (Å²) in [7, 11) is 0. The van der Waals surface area contributed by atoms with Crippen LogP contribution in [0.2, 0.25) is 0 Å². The normalized spacial score (nSPS) is 19.1. The van der Waals surface area contributed by atoms with Gasteiger partial charge in [-0.3, -0.25) is 9.59 Å². The molecule has 2 aliphatic rings. The van der Waals surface area contributed by atoms with Crippen molar-refractivity contribution in [2.45, 2.75) is 31.6 Å². The van der Waals surface area contributed by atoms with Gasteiger partial charge in [0.25, 0.3) is 5.91 Å². The van der Waals surface area contributed by atoms with Crippen LogP contribution in [0.5, 0.6) is 0 Å². The fraction of sp³-hybridized carbons (Fsp3) is 0.429. The van der Waals surface area contributed by atoms with E-state index in [1.54, 1.807) is 19.3 Å². The maximum atomic E-state index is 13.3. The lowest BCUT2D eigenvalue weighted by Crippen LogP contribution is -2.57. The van der Waals surface area contributed by atoms with Gasteiger partial charge in [-0.05, 0) is 31.4 Å². The minimum atomic E-state index is -0.353. The second kappa shape index (κ2) is 6.63. The molecule has 5 nitrogen and oxygen atoms in total. The van der Waals surface area contributed by atoms with Crippen molar-refractivity contribution in [2.75, 3.05) is 26.2 Å². The molecule has 1 aromatic heterocycles. The Morgan fingerprint density at radius 3 is 2.15 bits per heavy atom. The first-order chi connectivity index (χ1) is 12.6. The molecule has 1 saturated heterocycles. The molecular weight excluding hydrogens is 328 g/mol. The number of aryl methyl sites for hydroxylation is 1. The van der Waals surface area contributed by atoms with Crippen molar-refractivity contribution in [3.8, 4) is 0 Å². The minimum Gasteiger partial charge on any atom is -0.469 e. The molecule has 4 rings (SSSR count). The zero-order valence-electron chi connectivity index (χ0n) is 15.1. The molecule has 26 heavy (non-hydrogen) atoms. The molecule has 0 spiro atoms. The van der Waals surface area contributed by atoms with Crippen LogP contribution in [0.15, 0.2) is 47.1 Å². The lowest BCUT2D eigenvalue weighted by molar-refractivity contribution is -0.142. The third-order valence-electron chi connectivity index (χ3n) is 5.89. The Morgan fingerprint density at radius 2 is 1.62 bits per heavy atom. The third kappa shape index (κ3) is 2.71. The zero-order chi connectivity index (χ0) is 18.1. The maximum absolute atomic E-state index is 13.3. The van der Waals surface area contributed by atoms with Crippen LogP contribution in [-0.4, -0.2) is 47.8 Å². The summed E-state index contributed by atoms with van der Waals surface area (Å²) in [6, 6.07) is 11.9. The summed E-state index contributed by atoms with van der Waals surface area (Å²) in [5, 5.41) is 0. The molecule has 0 atom stereocenters. The fourth-order valence-electron chi connectivity index (χ4n) is 4.11. The van der Waals surface area contributed by atoms with Crippen molar-refractivity contribution < 1.29 is 14.0 Å². The third-order valence-corrected chi connectivity index (χ3v) is 5.89. The van der Waals surface area contributed by atoms with Gasteiger partial charge in [0, 0.05) is 26.2 Å². The predicted molar refractivity (Wildman–Crippen MR) is 97.9 cm³/mol. The van der Waals surface area contributed by atoms with Crippen LogP contribution in [0.3, 0.4) is 0 Å². The van der Waals surface area contributed by atoms with E-state index in [2.05, 4.69) is 12.1 Å². The standard InChI is InChI=1S/C21H24N2O3/c1-16-18(8-15-26-16)19(24)22-11-13-23(14-12-22)20(25)21(9-5-10-21)17-6-3-2-4-7-17/h2-4,6-8,15H,5,9-14H2,1H3. The van der Waals surface area contributed by atoms with Gasteiger partial charge in [0.15, 0.2) is 0 Å². The summed E-state index contributed by atoms with van der Waals surface area (Å²) >= 11 is 0. The molecule has 136 valence electrons. The number of rotatable bonds is 3. The predicted octanol–water partition coefficient (Wildman–Crippen LogP) is 2.99. The van der Waals surface area contributed by atoms with Gasteiger partial charge in [-0.25, -0.2) is 0 Å². The second-order valence-electron chi connectivity index (χ2n) is 7.28. The molecule has 1 aromatic carbocycles. The summed E-state index contributed by atoms with van der Waals surface area (Å²) in [4.78, 5) is 29.6. The highest BCUT2D eigenvalue weighted by atomic mass is 16.3. The number of carbonyl (C=O) groups is 2. The topological polar surface area (TPSA) is 53.8 Å². The van der Waals surface area contributed by atoms with Crippen LogP contribution >= 0.6 is 0 Å². The van der Waals surface area contributed by atoms with Gasteiger partial charge in [0.2, 0.25) is 5.91 Å². The highest BCUT2D eigenvalue weighted by Crippen LogP contribution is 2.45. The molecule has 1 aliphatic heterocycles. The first kappa shape index (κ1) is 16.9. The van der Waals surface area contributed by atoms with E-state index in [9.17, 15) is 9.59 Å². The Kier molecular flexibility index (Phi) is 4.31. The molecule has 2 heterocycles. The molecule has 1 aliphatic carbocycles. The summed E-state index contributed by atoms with van der Waals surface area (Å²) in [5.41, 5.74) is 1.39. The highest BCUT2D eigenvalue weighted by Gasteiger charge is 2.48. The number of nitrogens with zero attached hydrogens (tertiary/aromatic N) is 2. The SMILES string of the molecule is Cc1occc1C(=O)N1CCN(C(=O)C2(c3ccccc3)CCC2)CC1. The summed E-state index contributed by atoms with van der Waals surface area (Å²) < 4.78 is 5.24. The number of piperazine rings is 1. The maximum Gasteiger partial charge on any atom is 0.257 e. The van der Waals surface area contributed by atoms with E-state index in [4.69, 9.17) is 4.42 Å². The van der Waals surface area contributed by atoms with Crippen molar-refractivity contribution in [1.82, 2.24) is 9.80 Å². The number of benzene rings is 1. The van der Waals surface area contributed by atoms with E-state index >= 15 is 0 Å². The lowest BCUT2D eigenvalue weighted by Gasteiger charge is -2.46. The Morgan fingerprint density at radius 1 is 0.962 bits per heavy atom. The minimum absolute atomic E-state index is 0.00948. The van der Waals surface area contributed by atoms with E-state index in [-0.39, 0.29) is 17.2 Å². The second-order valence-corrected chi connectivity index (χ2v) is 7.28. The van der Waals surface area contributed by atoms with Crippen molar-refractivity contribution in [3.63, 3.8) is 0 Å². The Balaban J connectivity index is 1.44. The van der Waals surface area contributed by atoms with Gasteiger partial charge in [0.1, 0.15) is 5.76 Å². The van der Waals surface area contributed by atoms with Crippen LogP contribution in [0.25, 0.3) is 0 Å². The molecule has 1 saturated carbocycles. The molecule has 0 N–H and O–H groups in total. The molecule has 2 aromatic rings. The molecular formula is C21H24N2O3. The van der Waals surface area contributed by atoms with Gasteiger partial charge < -0.3 is 14.2 Å². The van der Waals surface area contributed by atoms with E-state index in [0.717, 1.165) is 24.8 Å². The van der Waals surface area contributed by atoms with E-state index in [1.165, 1.54) is 0 Å². The van der Waals surface area contributed by atoms with E-state index < -0.39 is 0 Å². The van der Waals surface area contributed by atoms with Crippen molar-refractivity contribution in [1.29, 1.82) is 0 Å². The summed E-state index contributed by atoms with van der Waals surface area (Å²) in [5.74, 6) is 0.859. The highest BCUT2D eigenvalue weighted by molar-refractivity contribution is 5.95. The lowest BCUT2D eigenvalue weighted by atomic mass is 9.63. The van der Waals surface area contributed by atoms with Gasteiger partial charge >= 0.3 is 0 Å². The van der Waals surface area contributed by atoms with Gasteiger partial charge in [-0.1, -0.05) is 36.8 Å². The summed E-state index contributed by atoms with van der Waals surface area (Å²) in [6.45, 7) is 4.12. The van der Waals surface area contributed by atoms with Crippen LogP contribution in [0, 0.1) is 6.92 Å². The van der Waals surface area contributed by atoms with Crippen molar-refractivity contribution in [2.24, 2.45) is 0 Å². The molecule has 0 bridgehead atoms. The first-order valence-electron chi connectivity index (χ1n) is 9.30. The van der Waals surface area contributed by atoms with Gasteiger partial charge in [-0.2, -0.15) is 0 Å². The molecule has 0 unspecified atom stereocenters. The number of amides is 2. The molecule has 2 fully saturated rings. The van der Waals surface area contributed by atoms with Gasteiger partial charge in [-0.15, -0.1) is 0 Å². The van der Waals surface area contributed by atoms with E-state index in [0.29, 0.717) is 37.5 Å². The van der Waals surface area contributed by atoms with Crippen molar-refractivity contribution in [3.05, 3.63) is 59.5 Å². The first-order valence-corrected chi connectivity index (χ1v) is 9.30. The number of hydrogen-bond donors (Lipinski definition) is 0. The van der Waals surface area contributed by atoms with E-state index in [1.807, 2.05) is 28.0 Å². The fourth-order valence-corrected chi connectivity index (χ4v) is 4.11. The number of carbonyl (C=O) groups excluding carboxylic acids is 2. The van der Waals surface area contributed by atoms with Crippen molar-refractivity contribution >= 4 is 11.8 Å². The molecule has 2 amide bonds. The Labute approximate surface area is 153 Å². The monoisotopic (exact) mass is 352 g/mol. The largest absolute Gasteiger partial charge is 0.469 e. The van der Waals surface area contributed by atoms with Crippen LogP contribution in [0.1, 0.15) is 40.9 Å². The number of furan rings is 1.